The summed E-state index contributed by atoms with van der Waals surface area (Å²) in [6.45, 7) is 2.05. The summed E-state index contributed by atoms with van der Waals surface area (Å²) in [5.41, 5.74) is 1.88. The topological polar surface area (TPSA) is 125 Å². The summed E-state index contributed by atoms with van der Waals surface area (Å²) in [5, 5.41) is 9.10. The van der Waals surface area contributed by atoms with E-state index in [0.29, 0.717) is 38.2 Å². The zero-order valence-corrected chi connectivity index (χ0v) is 17.3. The maximum atomic E-state index is 13.0. The van der Waals surface area contributed by atoms with Crippen molar-refractivity contribution in [3.8, 4) is 0 Å². The van der Waals surface area contributed by atoms with Crippen LogP contribution in [-0.2, 0) is 32.5 Å². The Labute approximate surface area is 174 Å². The van der Waals surface area contributed by atoms with Crippen LogP contribution in [0.4, 0.5) is 0 Å². The highest BCUT2D eigenvalue weighted by Crippen LogP contribution is 2.34. The van der Waals surface area contributed by atoms with Gasteiger partial charge in [0.2, 0.25) is 11.8 Å². The van der Waals surface area contributed by atoms with E-state index in [1.54, 1.807) is 6.07 Å². The molecule has 5 rings (SSSR count). The van der Waals surface area contributed by atoms with Crippen molar-refractivity contribution in [3.05, 3.63) is 34.9 Å². The molecule has 0 saturated carbocycles. The first-order valence-electron chi connectivity index (χ1n) is 10.2. The number of fused-ring (bicyclic) bond motifs is 2. The Morgan fingerprint density at radius 2 is 2.07 bits per heavy atom. The van der Waals surface area contributed by atoms with Crippen molar-refractivity contribution >= 4 is 27.6 Å². The lowest BCUT2D eigenvalue weighted by Gasteiger charge is -2.30. The monoisotopic (exact) mass is 432 g/mol. The summed E-state index contributed by atoms with van der Waals surface area (Å²) in [6, 6.07) is 4.86. The summed E-state index contributed by atoms with van der Waals surface area (Å²) < 4.78 is 24.4. The van der Waals surface area contributed by atoms with Gasteiger partial charge in [-0.2, -0.15) is 0 Å². The van der Waals surface area contributed by atoms with E-state index in [-0.39, 0.29) is 35.7 Å². The van der Waals surface area contributed by atoms with Gasteiger partial charge >= 0.3 is 0 Å². The van der Waals surface area contributed by atoms with Crippen LogP contribution >= 0.6 is 0 Å². The fourth-order valence-corrected chi connectivity index (χ4v) is 7.69. The first-order valence-corrected chi connectivity index (χ1v) is 12.0. The molecule has 9 nitrogen and oxygen atoms in total. The Bertz CT molecular complexity index is 1060. The van der Waals surface area contributed by atoms with E-state index in [1.807, 2.05) is 12.1 Å². The van der Waals surface area contributed by atoms with E-state index in [1.165, 1.54) is 4.90 Å². The first-order chi connectivity index (χ1) is 14.3. The van der Waals surface area contributed by atoms with Crippen LogP contribution in [0.25, 0.3) is 0 Å². The molecule has 0 spiro atoms. The van der Waals surface area contributed by atoms with Gasteiger partial charge < -0.3 is 15.5 Å². The van der Waals surface area contributed by atoms with E-state index in [2.05, 4.69) is 16.0 Å². The number of hydrogen-bond acceptors (Lipinski definition) is 7. The van der Waals surface area contributed by atoms with Gasteiger partial charge in [0.05, 0.1) is 11.5 Å². The highest BCUT2D eigenvalue weighted by atomic mass is 32.2. The van der Waals surface area contributed by atoms with Crippen LogP contribution in [0.3, 0.4) is 0 Å². The van der Waals surface area contributed by atoms with Gasteiger partial charge in [0.25, 0.3) is 5.91 Å². The van der Waals surface area contributed by atoms with Crippen LogP contribution < -0.4 is 16.0 Å². The fraction of sp³-hybridized carbons (Fsp3) is 0.550. The van der Waals surface area contributed by atoms with Crippen molar-refractivity contribution in [2.75, 3.05) is 24.6 Å². The van der Waals surface area contributed by atoms with Gasteiger partial charge in [0.1, 0.15) is 6.04 Å². The van der Waals surface area contributed by atoms with Gasteiger partial charge in [0.15, 0.2) is 9.84 Å². The maximum Gasteiger partial charge on any atom is 0.255 e. The average Bonchev–Trinajstić information content (AvgIpc) is 3.28. The summed E-state index contributed by atoms with van der Waals surface area (Å²) in [6.07, 6.45) is 0.544. The minimum absolute atomic E-state index is 0.0425. The molecule has 4 aliphatic rings. The number of hydrogen-bond donors (Lipinski definition) is 3. The molecule has 30 heavy (non-hydrogen) atoms. The lowest BCUT2D eigenvalue weighted by Crippen LogP contribution is -2.52. The van der Waals surface area contributed by atoms with Gasteiger partial charge in [-0.3, -0.25) is 19.7 Å². The van der Waals surface area contributed by atoms with E-state index in [9.17, 15) is 22.8 Å². The minimum atomic E-state index is -3.06. The van der Waals surface area contributed by atoms with Crippen LogP contribution in [0, 0.1) is 5.92 Å². The number of rotatable bonds is 4. The highest BCUT2D eigenvalue weighted by Gasteiger charge is 2.52. The molecule has 0 bridgehead atoms. The van der Waals surface area contributed by atoms with Crippen molar-refractivity contribution in [1.29, 1.82) is 0 Å². The van der Waals surface area contributed by atoms with Crippen LogP contribution in [-0.4, -0.2) is 67.2 Å². The summed E-state index contributed by atoms with van der Waals surface area (Å²) in [5.74, 6) is -0.586. The normalized spacial score (nSPS) is 32.3. The quantitative estimate of drug-likeness (QED) is 0.517. The number of amides is 3. The highest BCUT2D eigenvalue weighted by molar-refractivity contribution is 7.91. The van der Waals surface area contributed by atoms with Crippen LogP contribution in [0.1, 0.15) is 34.3 Å². The maximum absolute atomic E-state index is 13.0. The second-order valence-electron chi connectivity index (χ2n) is 8.74. The predicted octanol–water partition coefficient (Wildman–Crippen LogP) is -1.08. The Morgan fingerprint density at radius 3 is 2.87 bits per heavy atom. The molecule has 1 aromatic carbocycles. The number of sulfone groups is 1. The van der Waals surface area contributed by atoms with Gasteiger partial charge in [-0.05, 0) is 23.6 Å². The predicted molar refractivity (Wildman–Crippen MR) is 107 cm³/mol. The first kappa shape index (κ1) is 19.7. The van der Waals surface area contributed by atoms with Crippen molar-refractivity contribution < 1.29 is 22.8 Å². The van der Waals surface area contributed by atoms with Gasteiger partial charge in [-0.15, -0.1) is 0 Å². The molecule has 4 heterocycles. The zero-order valence-electron chi connectivity index (χ0n) is 16.4. The molecule has 3 atom stereocenters. The molecule has 1 aromatic rings. The molecular weight excluding hydrogens is 408 g/mol. The number of carbonyl (C=O) groups is 3. The van der Waals surface area contributed by atoms with E-state index in [0.717, 1.165) is 11.1 Å². The number of imide groups is 1. The van der Waals surface area contributed by atoms with E-state index in [4.69, 9.17) is 0 Å². The van der Waals surface area contributed by atoms with Crippen molar-refractivity contribution in [2.24, 2.45) is 5.92 Å². The van der Waals surface area contributed by atoms with Gasteiger partial charge in [-0.25, -0.2) is 8.42 Å². The zero-order chi connectivity index (χ0) is 21.1. The number of nitrogens with one attached hydrogen (secondary N) is 3. The fourth-order valence-electron chi connectivity index (χ4n) is 5.30. The molecular formula is C20H24N4O5S. The second-order valence-corrected chi connectivity index (χ2v) is 10.8. The van der Waals surface area contributed by atoms with Crippen LogP contribution in [0.15, 0.2) is 18.2 Å². The number of benzene rings is 1. The molecule has 3 fully saturated rings. The molecule has 10 heteroatoms. The average molecular weight is 433 g/mol. The smallest absolute Gasteiger partial charge is 0.255 e. The molecule has 160 valence electrons. The Hall–Kier alpha value is -2.30. The molecule has 0 radical (unpaired) electrons. The summed E-state index contributed by atoms with van der Waals surface area (Å²) in [7, 11) is -3.06. The lowest BCUT2D eigenvalue weighted by atomic mass is 9.90. The van der Waals surface area contributed by atoms with Crippen LogP contribution in [0.5, 0.6) is 0 Å². The molecule has 3 amide bonds. The molecule has 3 saturated heterocycles. The lowest BCUT2D eigenvalue weighted by molar-refractivity contribution is -0.136. The van der Waals surface area contributed by atoms with E-state index < -0.39 is 27.3 Å². The largest absolute Gasteiger partial charge is 0.322 e. The second kappa shape index (κ2) is 6.86. The third-order valence-corrected chi connectivity index (χ3v) is 8.72. The Kier molecular flexibility index (Phi) is 4.49. The molecule has 1 unspecified atom stereocenters. The standard InChI is InChI=1S/C20H24N4O5S/c25-17-5-4-16(18(26)23-17)24-8-15-12(2-1-3-14(15)19(24)27)6-22-20-10-21-7-13(20)9-30(28,29)11-20/h1-3,13,16,21-22H,4-11H2,(H,23,25,26)/t13-,16?,20-/m0/s1. The molecule has 4 aliphatic heterocycles. The van der Waals surface area contributed by atoms with Crippen molar-refractivity contribution in [2.45, 2.75) is 37.5 Å². The Morgan fingerprint density at radius 1 is 1.23 bits per heavy atom. The van der Waals surface area contributed by atoms with Crippen LogP contribution in [0.2, 0.25) is 0 Å². The third kappa shape index (κ3) is 3.14. The molecule has 3 N–H and O–H groups in total. The number of nitrogens with zero attached hydrogens (tertiary/aromatic N) is 1. The van der Waals surface area contributed by atoms with Gasteiger partial charge in [-0.1, -0.05) is 12.1 Å². The number of piperidine rings is 1. The molecule has 0 aliphatic carbocycles. The SMILES string of the molecule is O=C1CCC(N2Cc3c(CN[C@]45CNC[C@H]4CS(=O)(=O)C5)cccc3C2=O)C(=O)N1. The van der Waals surface area contributed by atoms with Crippen molar-refractivity contribution in [1.82, 2.24) is 20.9 Å². The van der Waals surface area contributed by atoms with E-state index >= 15 is 0 Å². The third-order valence-electron chi connectivity index (χ3n) is 6.86. The summed E-state index contributed by atoms with van der Waals surface area (Å²) >= 11 is 0. The minimum Gasteiger partial charge on any atom is -0.322 e. The summed E-state index contributed by atoms with van der Waals surface area (Å²) in [4.78, 5) is 38.2. The van der Waals surface area contributed by atoms with Crippen molar-refractivity contribution in [3.63, 3.8) is 0 Å². The Balaban J connectivity index is 1.36. The number of carbonyl (C=O) groups excluding carboxylic acids is 3. The molecule has 0 aromatic heterocycles. The van der Waals surface area contributed by atoms with Gasteiger partial charge in [0, 0.05) is 49.6 Å².